The van der Waals surface area contributed by atoms with E-state index < -0.39 is 0 Å². The summed E-state index contributed by atoms with van der Waals surface area (Å²) in [5.74, 6) is 2.34. The second kappa shape index (κ2) is 12.3. The number of benzene rings is 2. The zero-order valence-corrected chi connectivity index (χ0v) is 18.4. The minimum absolute atomic E-state index is 0. The fraction of sp³-hybridized carbons (Fsp3) is 0.435. The van der Waals surface area contributed by atoms with Crippen molar-refractivity contribution in [3.63, 3.8) is 0 Å². The summed E-state index contributed by atoms with van der Waals surface area (Å²) in [6.07, 6.45) is 1.06. The van der Waals surface area contributed by atoms with Gasteiger partial charge in [0.2, 0.25) is 0 Å². The number of carbonyl (C=O) groups excluding carboxylic acids is 1. The summed E-state index contributed by atoms with van der Waals surface area (Å²) >= 11 is 0. The number of hydrogen-bond donors (Lipinski definition) is 2. The van der Waals surface area contributed by atoms with E-state index in [1.54, 1.807) is 18.2 Å². The average Bonchev–Trinajstić information content (AvgIpc) is 2.74. The number of nitrogens with one attached hydrogen (secondary N) is 2. The minimum Gasteiger partial charge on any atom is -0.490 e. The van der Waals surface area contributed by atoms with Gasteiger partial charge in [0.05, 0.1) is 6.61 Å². The van der Waals surface area contributed by atoms with Crippen molar-refractivity contribution < 1.29 is 19.0 Å². The third-order valence-electron chi connectivity index (χ3n) is 5.00. The predicted molar refractivity (Wildman–Crippen MR) is 120 cm³/mol. The molecule has 0 aromatic heterocycles. The Bertz CT molecular complexity index is 788. The maximum atomic E-state index is 12.7. The maximum Gasteiger partial charge on any atom is 0.251 e. The molecule has 2 aromatic rings. The quantitative estimate of drug-likeness (QED) is 0.589. The Morgan fingerprint density at radius 3 is 2.57 bits per heavy atom. The van der Waals surface area contributed by atoms with E-state index in [2.05, 4.69) is 17.6 Å². The highest BCUT2D eigenvalue weighted by atomic mass is 35.5. The van der Waals surface area contributed by atoms with Crippen LogP contribution in [0.25, 0.3) is 0 Å². The lowest BCUT2D eigenvalue weighted by Crippen LogP contribution is -2.50. The van der Waals surface area contributed by atoms with Crippen LogP contribution in [0.3, 0.4) is 0 Å². The predicted octanol–water partition coefficient (Wildman–Crippen LogP) is 3.69. The number of para-hydroxylation sites is 1. The number of hydrogen-bond acceptors (Lipinski definition) is 5. The van der Waals surface area contributed by atoms with Crippen LogP contribution < -0.4 is 24.8 Å². The van der Waals surface area contributed by atoms with Crippen molar-refractivity contribution in [3.8, 4) is 17.2 Å². The highest BCUT2D eigenvalue weighted by Crippen LogP contribution is 2.29. The van der Waals surface area contributed by atoms with Gasteiger partial charge < -0.3 is 24.8 Å². The van der Waals surface area contributed by atoms with Gasteiger partial charge in [0.15, 0.2) is 11.5 Å². The first kappa shape index (κ1) is 23.8. The topological polar surface area (TPSA) is 68.8 Å². The Morgan fingerprint density at radius 1 is 1.07 bits per heavy atom. The lowest BCUT2D eigenvalue weighted by Gasteiger charge is -2.30. The number of carbonyl (C=O) groups is 1. The van der Waals surface area contributed by atoms with E-state index >= 15 is 0 Å². The Kier molecular flexibility index (Phi) is 9.77. The van der Waals surface area contributed by atoms with Crippen molar-refractivity contribution in [1.29, 1.82) is 0 Å². The third-order valence-corrected chi connectivity index (χ3v) is 5.00. The number of halogens is 1. The first-order chi connectivity index (χ1) is 14.2. The second-order valence-corrected chi connectivity index (χ2v) is 7.15. The highest BCUT2D eigenvalue weighted by Gasteiger charge is 2.23. The number of ether oxygens (including phenoxy) is 3. The van der Waals surface area contributed by atoms with Gasteiger partial charge in [0.25, 0.3) is 5.91 Å². The maximum absolute atomic E-state index is 12.7. The summed E-state index contributed by atoms with van der Waals surface area (Å²) in [5, 5.41) is 6.46. The second-order valence-electron chi connectivity index (χ2n) is 7.15. The molecule has 6 nitrogen and oxygen atoms in total. The Labute approximate surface area is 184 Å². The molecule has 0 spiro atoms. The van der Waals surface area contributed by atoms with Crippen molar-refractivity contribution in [2.75, 3.05) is 32.9 Å². The Balaban J connectivity index is 0.00000320. The van der Waals surface area contributed by atoms with E-state index in [0.29, 0.717) is 42.8 Å². The van der Waals surface area contributed by atoms with Gasteiger partial charge in [-0.15, -0.1) is 12.4 Å². The molecule has 2 atom stereocenters. The van der Waals surface area contributed by atoms with Gasteiger partial charge >= 0.3 is 0 Å². The molecule has 164 valence electrons. The summed E-state index contributed by atoms with van der Waals surface area (Å²) in [6, 6.07) is 15.0. The molecule has 0 radical (unpaired) electrons. The molecule has 2 aromatic carbocycles. The molecule has 2 unspecified atom stereocenters. The van der Waals surface area contributed by atoms with Crippen LogP contribution >= 0.6 is 12.4 Å². The fourth-order valence-electron chi connectivity index (χ4n) is 3.30. The average molecular weight is 435 g/mol. The summed E-state index contributed by atoms with van der Waals surface area (Å²) < 4.78 is 17.2. The molecule has 0 aliphatic carbocycles. The molecule has 1 aliphatic rings. The van der Waals surface area contributed by atoms with Crippen LogP contribution in [0.2, 0.25) is 0 Å². The Hall–Kier alpha value is -2.44. The molecule has 2 N–H and O–H groups in total. The molecular formula is C23H31ClN2O4. The Morgan fingerprint density at radius 2 is 1.83 bits per heavy atom. The van der Waals surface area contributed by atoms with Crippen molar-refractivity contribution >= 4 is 18.3 Å². The molecule has 0 saturated carbocycles. The minimum atomic E-state index is -0.0922. The van der Waals surface area contributed by atoms with E-state index in [-0.39, 0.29) is 24.4 Å². The molecule has 1 heterocycles. The van der Waals surface area contributed by atoms with Gasteiger partial charge in [-0.05, 0) is 56.1 Å². The third kappa shape index (κ3) is 6.82. The summed E-state index contributed by atoms with van der Waals surface area (Å²) in [4.78, 5) is 12.7. The van der Waals surface area contributed by atoms with Crippen LogP contribution in [0.4, 0.5) is 0 Å². The first-order valence-electron chi connectivity index (χ1n) is 10.3. The molecule has 1 saturated heterocycles. The first-order valence-corrected chi connectivity index (χ1v) is 10.3. The van der Waals surface area contributed by atoms with Crippen molar-refractivity contribution in [2.24, 2.45) is 5.92 Å². The molecule has 1 fully saturated rings. The van der Waals surface area contributed by atoms with Crippen LogP contribution in [0.5, 0.6) is 17.2 Å². The SMILES string of the molecule is CCOc1cc(C(=O)NC2CNCCC2C)ccc1OCCOc1ccccc1.Cl. The lowest BCUT2D eigenvalue weighted by molar-refractivity contribution is 0.0914. The van der Waals surface area contributed by atoms with E-state index in [0.717, 1.165) is 25.3 Å². The molecule has 7 heteroatoms. The van der Waals surface area contributed by atoms with E-state index in [1.807, 2.05) is 37.3 Å². The van der Waals surface area contributed by atoms with Gasteiger partial charge in [-0.1, -0.05) is 25.1 Å². The van der Waals surface area contributed by atoms with Gasteiger partial charge in [0.1, 0.15) is 19.0 Å². The van der Waals surface area contributed by atoms with Gasteiger partial charge in [0, 0.05) is 18.2 Å². The normalized spacial score (nSPS) is 18.1. The van der Waals surface area contributed by atoms with Crippen LogP contribution in [-0.2, 0) is 0 Å². The monoisotopic (exact) mass is 434 g/mol. The summed E-state index contributed by atoms with van der Waals surface area (Å²) in [6.45, 7) is 7.17. The highest BCUT2D eigenvalue weighted by molar-refractivity contribution is 5.95. The van der Waals surface area contributed by atoms with E-state index in [1.165, 1.54) is 0 Å². The van der Waals surface area contributed by atoms with Gasteiger partial charge in [-0.3, -0.25) is 4.79 Å². The summed E-state index contributed by atoms with van der Waals surface area (Å²) in [5.41, 5.74) is 0.569. The number of amides is 1. The number of piperidine rings is 1. The van der Waals surface area contributed by atoms with Crippen molar-refractivity contribution in [1.82, 2.24) is 10.6 Å². The van der Waals surface area contributed by atoms with E-state index in [4.69, 9.17) is 14.2 Å². The van der Waals surface area contributed by atoms with Crippen LogP contribution in [0.1, 0.15) is 30.6 Å². The molecular weight excluding hydrogens is 404 g/mol. The number of rotatable bonds is 9. The van der Waals surface area contributed by atoms with Crippen LogP contribution in [0.15, 0.2) is 48.5 Å². The zero-order valence-electron chi connectivity index (χ0n) is 17.6. The lowest BCUT2D eigenvalue weighted by atomic mass is 9.94. The molecule has 0 bridgehead atoms. The smallest absolute Gasteiger partial charge is 0.251 e. The van der Waals surface area contributed by atoms with Gasteiger partial charge in [-0.25, -0.2) is 0 Å². The fourth-order valence-corrected chi connectivity index (χ4v) is 3.30. The zero-order chi connectivity index (χ0) is 20.5. The largest absolute Gasteiger partial charge is 0.490 e. The van der Waals surface area contributed by atoms with Crippen molar-refractivity contribution in [2.45, 2.75) is 26.3 Å². The van der Waals surface area contributed by atoms with Crippen LogP contribution in [0, 0.1) is 5.92 Å². The molecule has 1 aliphatic heterocycles. The molecule has 30 heavy (non-hydrogen) atoms. The summed E-state index contributed by atoms with van der Waals surface area (Å²) in [7, 11) is 0. The van der Waals surface area contributed by atoms with Crippen LogP contribution in [-0.4, -0.2) is 44.9 Å². The van der Waals surface area contributed by atoms with E-state index in [9.17, 15) is 4.79 Å². The molecule has 1 amide bonds. The standard InChI is InChI=1S/C23H30N2O4.ClH/c1-3-27-22-15-18(23(26)25-20-16-24-12-11-17(20)2)9-10-21(22)29-14-13-28-19-7-5-4-6-8-19;/h4-10,15,17,20,24H,3,11-14,16H2,1-2H3,(H,25,26);1H. The van der Waals surface area contributed by atoms with Crippen molar-refractivity contribution in [3.05, 3.63) is 54.1 Å². The molecule has 3 rings (SSSR count). The van der Waals surface area contributed by atoms with Gasteiger partial charge in [-0.2, -0.15) is 0 Å².